The van der Waals surface area contributed by atoms with Gasteiger partial charge in [0, 0.05) is 16.2 Å². The minimum atomic E-state index is -0.282. The van der Waals surface area contributed by atoms with Crippen LogP contribution in [-0.4, -0.2) is 12.6 Å². The van der Waals surface area contributed by atoms with E-state index in [2.05, 4.69) is 28.2 Å². The first-order chi connectivity index (χ1) is 10.1. The van der Waals surface area contributed by atoms with Gasteiger partial charge in [-0.1, -0.05) is 28.1 Å². The molecule has 0 saturated carbocycles. The highest BCUT2D eigenvalue weighted by Crippen LogP contribution is 2.22. The third-order valence-electron chi connectivity index (χ3n) is 3.13. The quantitative estimate of drug-likeness (QED) is 0.789. The summed E-state index contributed by atoms with van der Waals surface area (Å²) < 4.78 is 6.08. The normalized spacial score (nSPS) is 11.8. The van der Waals surface area contributed by atoms with Crippen LogP contribution in [0.25, 0.3) is 0 Å². The Kier molecular flexibility index (Phi) is 5.39. The number of carbonyl (C=O) groups is 1. The lowest BCUT2D eigenvalue weighted by atomic mass is 10.0. The first-order valence-electron chi connectivity index (χ1n) is 6.89. The van der Waals surface area contributed by atoms with E-state index in [4.69, 9.17) is 4.74 Å². The van der Waals surface area contributed by atoms with Gasteiger partial charge >= 0.3 is 5.97 Å². The second kappa shape index (κ2) is 7.27. The molecule has 2 rings (SSSR count). The zero-order valence-corrected chi connectivity index (χ0v) is 13.7. The third-order valence-corrected chi connectivity index (χ3v) is 3.65. The van der Waals surface area contributed by atoms with E-state index in [1.807, 2.05) is 42.5 Å². The number of nitrogens with one attached hydrogen (secondary N) is 1. The second-order valence-corrected chi connectivity index (χ2v) is 5.63. The number of hydrogen-bond acceptors (Lipinski definition) is 3. The zero-order chi connectivity index (χ0) is 15.2. The Morgan fingerprint density at radius 3 is 2.62 bits per heavy atom. The standard InChI is InChI=1S/C17H18BrNO2/c1-3-21-17(20)14-6-4-5-13(11-14)12(2)19-16-9-7-15(18)8-10-16/h4-12,19H,3H2,1-2H3/t12-/m0/s1. The fraction of sp³-hybridized carbons (Fsp3) is 0.235. The number of esters is 1. The molecular formula is C17H18BrNO2. The summed E-state index contributed by atoms with van der Waals surface area (Å²) in [6.07, 6.45) is 0. The highest BCUT2D eigenvalue weighted by Gasteiger charge is 2.10. The van der Waals surface area contributed by atoms with Crippen LogP contribution in [0.15, 0.2) is 53.0 Å². The van der Waals surface area contributed by atoms with Crippen LogP contribution in [0.1, 0.15) is 35.8 Å². The molecule has 0 aliphatic rings. The molecule has 0 fully saturated rings. The molecule has 3 nitrogen and oxygen atoms in total. The SMILES string of the molecule is CCOC(=O)c1cccc([C@H](C)Nc2ccc(Br)cc2)c1. The van der Waals surface area contributed by atoms with E-state index >= 15 is 0 Å². The lowest BCUT2D eigenvalue weighted by Gasteiger charge is -2.16. The highest BCUT2D eigenvalue weighted by atomic mass is 79.9. The van der Waals surface area contributed by atoms with E-state index in [0.717, 1.165) is 15.7 Å². The maximum atomic E-state index is 11.8. The summed E-state index contributed by atoms with van der Waals surface area (Å²) in [7, 11) is 0. The van der Waals surface area contributed by atoms with E-state index < -0.39 is 0 Å². The average Bonchev–Trinajstić information content (AvgIpc) is 2.50. The molecule has 0 amide bonds. The minimum absolute atomic E-state index is 0.0977. The molecule has 0 aliphatic heterocycles. The molecule has 0 heterocycles. The number of hydrogen-bond donors (Lipinski definition) is 1. The molecular weight excluding hydrogens is 330 g/mol. The fourth-order valence-corrected chi connectivity index (χ4v) is 2.29. The van der Waals surface area contributed by atoms with Crippen LogP contribution >= 0.6 is 15.9 Å². The van der Waals surface area contributed by atoms with Crippen molar-refractivity contribution in [3.63, 3.8) is 0 Å². The highest BCUT2D eigenvalue weighted by molar-refractivity contribution is 9.10. The molecule has 0 unspecified atom stereocenters. The summed E-state index contributed by atoms with van der Waals surface area (Å²) in [4.78, 5) is 11.8. The van der Waals surface area contributed by atoms with Crippen molar-refractivity contribution in [2.45, 2.75) is 19.9 Å². The van der Waals surface area contributed by atoms with Crippen molar-refractivity contribution in [3.05, 3.63) is 64.1 Å². The Balaban J connectivity index is 2.11. The molecule has 4 heteroatoms. The van der Waals surface area contributed by atoms with Crippen LogP contribution in [0.2, 0.25) is 0 Å². The minimum Gasteiger partial charge on any atom is -0.462 e. The summed E-state index contributed by atoms with van der Waals surface area (Å²) in [5.74, 6) is -0.282. The van der Waals surface area contributed by atoms with Gasteiger partial charge in [-0.2, -0.15) is 0 Å². The molecule has 2 aromatic carbocycles. The van der Waals surface area contributed by atoms with Crippen molar-refractivity contribution in [3.8, 4) is 0 Å². The van der Waals surface area contributed by atoms with Crippen LogP contribution < -0.4 is 5.32 Å². The molecule has 1 atom stereocenters. The van der Waals surface area contributed by atoms with E-state index in [9.17, 15) is 4.79 Å². The summed E-state index contributed by atoms with van der Waals surface area (Å²) >= 11 is 3.42. The van der Waals surface area contributed by atoms with E-state index in [-0.39, 0.29) is 12.0 Å². The number of rotatable bonds is 5. The van der Waals surface area contributed by atoms with Crippen molar-refractivity contribution in [2.75, 3.05) is 11.9 Å². The number of benzene rings is 2. The molecule has 110 valence electrons. The van der Waals surface area contributed by atoms with Gasteiger partial charge in [-0.25, -0.2) is 4.79 Å². The predicted octanol–water partition coefficient (Wildman–Crippen LogP) is 4.80. The zero-order valence-electron chi connectivity index (χ0n) is 12.1. The second-order valence-electron chi connectivity index (χ2n) is 4.72. The Hall–Kier alpha value is -1.81. The molecule has 0 radical (unpaired) electrons. The molecule has 0 bridgehead atoms. The van der Waals surface area contributed by atoms with Gasteiger partial charge in [0.2, 0.25) is 0 Å². The molecule has 2 aromatic rings. The lowest BCUT2D eigenvalue weighted by molar-refractivity contribution is 0.0526. The molecule has 21 heavy (non-hydrogen) atoms. The summed E-state index contributed by atoms with van der Waals surface area (Å²) in [6, 6.07) is 15.6. The maximum absolute atomic E-state index is 11.8. The molecule has 0 aliphatic carbocycles. The van der Waals surface area contributed by atoms with Gasteiger partial charge in [-0.15, -0.1) is 0 Å². The summed E-state index contributed by atoms with van der Waals surface area (Å²) in [6.45, 7) is 4.25. The van der Waals surface area contributed by atoms with Crippen LogP contribution in [0.3, 0.4) is 0 Å². The van der Waals surface area contributed by atoms with E-state index in [0.29, 0.717) is 12.2 Å². The van der Waals surface area contributed by atoms with Crippen LogP contribution in [0.4, 0.5) is 5.69 Å². The number of ether oxygens (including phenoxy) is 1. The van der Waals surface area contributed by atoms with Gasteiger partial charge in [0.15, 0.2) is 0 Å². The Bertz CT molecular complexity index is 610. The van der Waals surface area contributed by atoms with Gasteiger partial charge in [-0.05, 0) is 55.8 Å². The van der Waals surface area contributed by atoms with Gasteiger partial charge in [0.1, 0.15) is 0 Å². The first kappa shape index (κ1) is 15.6. The molecule has 0 spiro atoms. The monoisotopic (exact) mass is 347 g/mol. The van der Waals surface area contributed by atoms with Crippen molar-refractivity contribution >= 4 is 27.6 Å². The van der Waals surface area contributed by atoms with E-state index in [1.54, 1.807) is 13.0 Å². The molecule has 0 saturated heterocycles. The Labute approximate surface area is 133 Å². The Morgan fingerprint density at radius 1 is 1.24 bits per heavy atom. The number of halogens is 1. The van der Waals surface area contributed by atoms with Crippen molar-refractivity contribution in [2.24, 2.45) is 0 Å². The maximum Gasteiger partial charge on any atom is 0.338 e. The fourth-order valence-electron chi connectivity index (χ4n) is 2.03. The van der Waals surface area contributed by atoms with Gasteiger partial charge in [-0.3, -0.25) is 0 Å². The third kappa shape index (κ3) is 4.33. The van der Waals surface area contributed by atoms with Gasteiger partial charge in [0.25, 0.3) is 0 Å². The lowest BCUT2D eigenvalue weighted by Crippen LogP contribution is -2.09. The molecule has 0 aromatic heterocycles. The van der Waals surface area contributed by atoms with Gasteiger partial charge < -0.3 is 10.1 Å². The molecule has 1 N–H and O–H groups in total. The van der Waals surface area contributed by atoms with Crippen molar-refractivity contribution in [1.29, 1.82) is 0 Å². The van der Waals surface area contributed by atoms with Crippen LogP contribution in [-0.2, 0) is 4.74 Å². The number of carbonyl (C=O) groups excluding carboxylic acids is 1. The van der Waals surface area contributed by atoms with Crippen LogP contribution in [0, 0.1) is 0 Å². The van der Waals surface area contributed by atoms with Crippen molar-refractivity contribution < 1.29 is 9.53 Å². The van der Waals surface area contributed by atoms with Gasteiger partial charge in [0.05, 0.1) is 12.2 Å². The topological polar surface area (TPSA) is 38.3 Å². The van der Waals surface area contributed by atoms with E-state index in [1.165, 1.54) is 0 Å². The first-order valence-corrected chi connectivity index (χ1v) is 7.68. The summed E-state index contributed by atoms with van der Waals surface area (Å²) in [5.41, 5.74) is 2.66. The Morgan fingerprint density at radius 2 is 1.95 bits per heavy atom. The predicted molar refractivity (Wildman–Crippen MR) is 88.6 cm³/mol. The number of anilines is 1. The van der Waals surface area contributed by atoms with Crippen LogP contribution in [0.5, 0.6) is 0 Å². The smallest absolute Gasteiger partial charge is 0.338 e. The summed E-state index contributed by atoms with van der Waals surface area (Å²) in [5, 5.41) is 3.41. The largest absolute Gasteiger partial charge is 0.462 e. The van der Waals surface area contributed by atoms with Crippen molar-refractivity contribution in [1.82, 2.24) is 0 Å². The average molecular weight is 348 g/mol.